The van der Waals surface area contributed by atoms with Gasteiger partial charge in [0.25, 0.3) is 0 Å². The first-order chi connectivity index (χ1) is 7.16. The SMILES string of the molecule is CC1(c2ccccc2)OC(=O)NC1CCl. The molecular weight excluding hydrogens is 214 g/mol. The van der Waals surface area contributed by atoms with Crippen LogP contribution < -0.4 is 5.32 Å². The van der Waals surface area contributed by atoms with Crippen molar-refractivity contribution in [2.45, 2.75) is 18.6 Å². The number of amides is 1. The van der Waals surface area contributed by atoms with Gasteiger partial charge in [-0.25, -0.2) is 4.79 Å². The Morgan fingerprint density at radius 1 is 1.47 bits per heavy atom. The van der Waals surface area contributed by atoms with Gasteiger partial charge in [-0.05, 0) is 12.5 Å². The lowest BCUT2D eigenvalue weighted by Gasteiger charge is -2.27. The van der Waals surface area contributed by atoms with E-state index < -0.39 is 11.7 Å². The van der Waals surface area contributed by atoms with Crippen molar-refractivity contribution in [2.75, 3.05) is 5.88 Å². The molecule has 1 aliphatic heterocycles. The van der Waals surface area contributed by atoms with E-state index >= 15 is 0 Å². The molecular formula is C11H12ClNO2. The Kier molecular flexibility index (Phi) is 2.57. The number of ether oxygens (including phenoxy) is 1. The molecule has 1 fully saturated rings. The Morgan fingerprint density at radius 2 is 2.13 bits per heavy atom. The van der Waals surface area contributed by atoms with Crippen molar-refractivity contribution in [3.63, 3.8) is 0 Å². The second-order valence-corrected chi connectivity index (χ2v) is 4.02. The van der Waals surface area contributed by atoms with Crippen molar-refractivity contribution in [1.29, 1.82) is 0 Å². The van der Waals surface area contributed by atoms with Crippen LogP contribution in [0.15, 0.2) is 30.3 Å². The lowest BCUT2D eigenvalue weighted by atomic mass is 9.90. The average Bonchev–Trinajstić information content (AvgIpc) is 2.56. The number of halogens is 1. The van der Waals surface area contributed by atoms with Crippen molar-refractivity contribution in [3.8, 4) is 0 Å². The topological polar surface area (TPSA) is 38.3 Å². The van der Waals surface area contributed by atoms with E-state index in [9.17, 15) is 4.79 Å². The minimum atomic E-state index is -0.667. The fourth-order valence-corrected chi connectivity index (χ4v) is 2.16. The molecule has 0 aliphatic carbocycles. The number of benzene rings is 1. The van der Waals surface area contributed by atoms with Crippen LogP contribution in [0.2, 0.25) is 0 Å². The van der Waals surface area contributed by atoms with Crippen LogP contribution in [0.25, 0.3) is 0 Å². The van der Waals surface area contributed by atoms with Gasteiger partial charge in [0.2, 0.25) is 0 Å². The van der Waals surface area contributed by atoms with Gasteiger partial charge in [-0.15, -0.1) is 11.6 Å². The van der Waals surface area contributed by atoms with Crippen molar-refractivity contribution in [1.82, 2.24) is 5.32 Å². The van der Waals surface area contributed by atoms with E-state index in [4.69, 9.17) is 16.3 Å². The molecule has 1 aliphatic rings. The first-order valence-electron chi connectivity index (χ1n) is 4.78. The van der Waals surface area contributed by atoms with Gasteiger partial charge < -0.3 is 10.1 Å². The molecule has 2 unspecified atom stereocenters. The molecule has 4 heteroatoms. The molecule has 1 amide bonds. The minimum Gasteiger partial charge on any atom is -0.436 e. The third-order valence-corrected chi connectivity index (χ3v) is 3.07. The molecule has 80 valence electrons. The van der Waals surface area contributed by atoms with Gasteiger partial charge in [-0.1, -0.05) is 30.3 Å². The van der Waals surface area contributed by atoms with Gasteiger partial charge in [0.05, 0.1) is 6.04 Å². The average molecular weight is 226 g/mol. The molecule has 1 N–H and O–H groups in total. The number of cyclic esters (lactones) is 1. The van der Waals surface area contributed by atoms with Gasteiger partial charge in [-0.3, -0.25) is 0 Å². The van der Waals surface area contributed by atoms with Crippen molar-refractivity contribution >= 4 is 17.7 Å². The Balaban J connectivity index is 2.37. The van der Waals surface area contributed by atoms with E-state index in [0.717, 1.165) is 5.56 Å². The number of rotatable bonds is 2. The zero-order valence-electron chi connectivity index (χ0n) is 8.37. The second-order valence-electron chi connectivity index (χ2n) is 3.71. The summed E-state index contributed by atoms with van der Waals surface area (Å²) in [5.74, 6) is 0.330. The second kappa shape index (κ2) is 3.74. The van der Waals surface area contributed by atoms with E-state index in [0.29, 0.717) is 5.88 Å². The van der Waals surface area contributed by atoms with Crippen molar-refractivity contribution in [3.05, 3.63) is 35.9 Å². The third-order valence-electron chi connectivity index (χ3n) is 2.76. The smallest absolute Gasteiger partial charge is 0.408 e. The van der Waals surface area contributed by atoms with Crippen molar-refractivity contribution in [2.24, 2.45) is 0 Å². The Labute approximate surface area is 93.4 Å². The molecule has 0 spiro atoms. The van der Waals surface area contributed by atoms with Gasteiger partial charge >= 0.3 is 6.09 Å². The van der Waals surface area contributed by atoms with Crippen molar-refractivity contribution < 1.29 is 9.53 Å². The summed E-state index contributed by atoms with van der Waals surface area (Å²) in [6.45, 7) is 1.87. The fraction of sp³-hybridized carbons (Fsp3) is 0.364. The highest BCUT2D eigenvalue weighted by molar-refractivity contribution is 6.18. The van der Waals surface area contributed by atoms with E-state index in [1.54, 1.807) is 0 Å². The van der Waals surface area contributed by atoms with Crippen LogP contribution in [-0.2, 0) is 10.3 Å². The summed E-state index contributed by atoms with van der Waals surface area (Å²) in [5.41, 5.74) is 0.286. The summed E-state index contributed by atoms with van der Waals surface area (Å²) in [7, 11) is 0. The molecule has 0 radical (unpaired) electrons. The normalized spacial score (nSPS) is 29.7. The van der Waals surface area contributed by atoms with E-state index in [-0.39, 0.29) is 6.04 Å². The van der Waals surface area contributed by atoms with E-state index in [2.05, 4.69) is 5.32 Å². The number of carbonyl (C=O) groups is 1. The molecule has 1 heterocycles. The molecule has 15 heavy (non-hydrogen) atoms. The highest BCUT2D eigenvalue weighted by Crippen LogP contribution is 2.33. The highest BCUT2D eigenvalue weighted by atomic mass is 35.5. The summed E-state index contributed by atoms with van der Waals surface area (Å²) in [5, 5.41) is 2.70. The zero-order chi connectivity index (χ0) is 10.9. The highest BCUT2D eigenvalue weighted by Gasteiger charge is 2.45. The lowest BCUT2D eigenvalue weighted by molar-refractivity contribution is 0.0540. The predicted molar refractivity (Wildman–Crippen MR) is 57.9 cm³/mol. The number of hydrogen-bond acceptors (Lipinski definition) is 2. The lowest BCUT2D eigenvalue weighted by Crippen LogP contribution is -2.40. The number of nitrogens with one attached hydrogen (secondary N) is 1. The number of carbonyl (C=O) groups excluding carboxylic acids is 1. The molecule has 1 aromatic rings. The fourth-order valence-electron chi connectivity index (χ4n) is 1.79. The number of hydrogen-bond donors (Lipinski definition) is 1. The molecule has 0 bridgehead atoms. The first-order valence-corrected chi connectivity index (χ1v) is 5.31. The Hall–Kier alpha value is -1.22. The van der Waals surface area contributed by atoms with Crippen LogP contribution in [0, 0.1) is 0 Å². The van der Waals surface area contributed by atoms with Gasteiger partial charge in [0.1, 0.15) is 0 Å². The van der Waals surface area contributed by atoms with Crippen LogP contribution in [0.3, 0.4) is 0 Å². The molecule has 0 aromatic heterocycles. The number of alkyl halides is 1. The van der Waals surface area contributed by atoms with Crippen LogP contribution >= 0.6 is 11.6 Å². The Morgan fingerprint density at radius 3 is 2.73 bits per heavy atom. The minimum absolute atomic E-state index is 0.186. The summed E-state index contributed by atoms with van der Waals surface area (Å²) in [6.07, 6.45) is -0.410. The van der Waals surface area contributed by atoms with Gasteiger partial charge in [-0.2, -0.15) is 0 Å². The van der Waals surface area contributed by atoms with E-state index in [1.807, 2.05) is 37.3 Å². The molecule has 2 rings (SSSR count). The summed E-state index contributed by atoms with van der Waals surface area (Å²) >= 11 is 5.81. The monoisotopic (exact) mass is 225 g/mol. The maximum Gasteiger partial charge on any atom is 0.408 e. The van der Waals surface area contributed by atoms with Crippen LogP contribution in [0.5, 0.6) is 0 Å². The third kappa shape index (κ3) is 1.67. The Bertz CT molecular complexity index is 368. The first kappa shape index (κ1) is 10.3. The number of alkyl carbamates (subject to hydrolysis) is 1. The molecule has 0 saturated carbocycles. The summed E-state index contributed by atoms with van der Waals surface area (Å²) in [4.78, 5) is 11.2. The maximum atomic E-state index is 11.2. The predicted octanol–water partition coefficient (Wildman–Crippen LogP) is 2.25. The molecule has 1 aromatic carbocycles. The van der Waals surface area contributed by atoms with Gasteiger partial charge in [0.15, 0.2) is 5.60 Å². The molecule has 3 nitrogen and oxygen atoms in total. The van der Waals surface area contributed by atoms with Gasteiger partial charge in [0, 0.05) is 5.88 Å². The largest absolute Gasteiger partial charge is 0.436 e. The summed E-state index contributed by atoms with van der Waals surface area (Å²) in [6, 6.07) is 9.43. The maximum absolute atomic E-state index is 11.2. The molecule has 1 saturated heterocycles. The summed E-state index contributed by atoms with van der Waals surface area (Å²) < 4.78 is 5.30. The molecule has 2 atom stereocenters. The van der Waals surface area contributed by atoms with Crippen LogP contribution in [0.1, 0.15) is 12.5 Å². The van der Waals surface area contributed by atoms with Crippen LogP contribution in [0.4, 0.5) is 4.79 Å². The van der Waals surface area contributed by atoms with Crippen LogP contribution in [-0.4, -0.2) is 18.0 Å². The standard InChI is InChI=1S/C11H12ClNO2/c1-11(8-5-3-2-4-6-8)9(7-12)13-10(14)15-11/h2-6,9H,7H2,1H3,(H,13,14). The quantitative estimate of drug-likeness (QED) is 0.784. The van der Waals surface area contributed by atoms with E-state index in [1.165, 1.54) is 0 Å². The zero-order valence-corrected chi connectivity index (χ0v) is 9.12.